The summed E-state index contributed by atoms with van der Waals surface area (Å²) in [5.74, 6) is 0.539. The standard InChI is InChI=1S/C25H27N3O/c1-27(19-20-16-17-21-10-8-9-11-22(21)18-20)26-25(29)28(23-12-4-2-5-13-23)24-14-6-3-7-15-24/h2-15,20H,16-19H2,1H3,(H,26,29). The van der Waals surface area contributed by atoms with Crippen molar-refractivity contribution in [2.75, 3.05) is 18.5 Å². The Morgan fingerprint density at radius 3 is 2.03 bits per heavy atom. The number of nitrogens with one attached hydrogen (secondary N) is 1. The first-order valence-electron chi connectivity index (χ1n) is 10.2. The summed E-state index contributed by atoms with van der Waals surface area (Å²) >= 11 is 0. The van der Waals surface area contributed by atoms with Crippen molar-refractivity contribution in [1.29, 1.82) is 0 Å². The highest BCUT2D eigenvalue weighted by molar-refractivity contribution is 5.99. The maximum Gasteiger partial charge on any atom is 0.340 e. The molecular formula is C25H27N3O. The van der Waals surface area contributed by atoms with Gasteiger partial charge in [-0.15, -0.1) is 0 Å². The number of hydrogen-bond acceptors (Lipinski definition) is 2. The van der Waals surface area contributed by atoms with E-state index in [9.17, 15) is 4.79 Å². The lowest BCUT2D eigenvalue weighted by molar-refractivity contribution is 0.184. The number of carbonyl (C=O) groups excluding carboxylic acids is 1. The molecule has 148 valence electrons. The van der Waals surface area contributed by atoms with E-state index < -0.39 is 0 Å². The third kappa shape index (κ3) is 4.66. The minimum Gasteiger partial charge on any atom is -0.270 e. The van der Waals surface area contributed by atoms with Crippen molar-refractivity contribution in [2.24, 2.45) is 5.92 Å². The van der Waals surface area contributed by atoms with Gasteiger partial charge in [0.15, 0.2) is 0 Å². The lowest BCUT2D eigenvalue weighted by Crippen LogP contribution is -2.48. The van der Waals surface area contributed by atoms with E-state index in [-0.39, 0.29) is 6.03 Å². The summed E-state index contributed by atoms with van der Waals surface area (Å²) in [5.41, 5.74) is 7.67. The van der Waals surface area contributed by atoms with Crippen LogP contribution in [0.15, 0.2) is 84.9 Å². The summed E-state index contributed by atoms with van der Waals surface area (Å²) < 4.78 is 0. The second-order valence-corrected chi connectivity index (χ2v) is 7.68. The van der Waals surface area contributed by atoms with Crippen molar-refractivity contribution in [3.63, 3.8) is 0 Å². The normalized spacial score (nSPS) is 15.6. The molecule has 4 rings (SSSR count). The van der Waals surface area contributed by atoms with E-state index in [2.05, 4.69) is 29.7 Å². The van der Waals surface area contributed by atoms with Gasteiger partial charge in [0.1, 0.15) is 0 Å². The number of anilines is 2. The zero-order chi connectivity index (χ0) is 20.1. The van der Waals surface area contributed by atoms with Gasteiger partial charge in [0.05, 0.1) is 11.4 Å². The fraction of sp³-hybridized carbons (Fsp3) is 0.240. The van der Waals surface area contributed by atoms with Crippen LogP contribution in [0.25, 0.3) is 0 Å². The predicted molar refractivity (Wildman–Crippen MR) is 118 cm³/mol. The van der Waals surface area contributed by atoms with Crippen LogP contribution in [0.2, 0.25) is 0 Å². The molecule has 2 amide bonds. The Balaban J connectivity index is 1.44. The molecule has 0 aliphatic heterocycles. The van der Waals surface area contributed by atoms with Crippen LogP contribution in [-0.4, -0.2) is 24.6 Å². The van der Waals surface area contributed by atoms with Gasteiger partial charge in [0.25, 0.3) is 0 Å². The molecule has 4 nitrogen and oxygen atoms in total. The number of benzene rings is 3. The number of para-hydroxylation sites is 2. The van der Waals surface area contributed by atoms with Crippen molar-refractivity contribution >= 4 is 17.4 Å². The SMILES string of the molecule is CN(CC1CCc2ccccc2C1)NC(=O)N(c1ccccc1)c1ccccc1. The van der Waals surface area contributed by atoms with Gasteiger partial charge >= 0.3 is 6.03 Å². The van der Waals surface area contributed by atoms with Crippen LogP contribution >= 0.6 is 0 Å². The number of hydrogen-bond donors (Lipinski definition) is 1. The van der Waals surface area contributed by atoms with E-state index in [0.717, 1.165) is 37.2 Å². The van der Waals surface area contributed by atoms with Crippen molar-refractivity contribution in [1.82, 2.24) is 10.4 Å². The summed E-state index contributed by atoms with van der Waals surface area (Å²) in [6, 6.07) is 28.0. The average molecular weight is 386 g/mol. The zero-order valence-electron chi connectivity index (χ0n) is 16.8. The summed E-state index contributed by atoms with van der Waals surface area (Å²) in [6.45, 7) is 0.831. The molecule has 3 aromatic rings. The van der Waals surface area contributed by atoms with Gasteiger partial charge in [-0.2, -0.15) is 0 Å². The fourth-order valence-corrected chi connectivity index (χ4v) is 4.11. The van der Waals surface area contributed by atoms with Gasteiger partial charge in [-0.05, 0) is 60.6 Å². The monoisotopic (exact) mass is 385 g/mol. The molecule has 1 atom stereocenters. The van der Waals surface area contributed by atoms with Crippen LogP contribution in [0, 0.1) is 5.92 Å². The average Bonchev–Trinajstić information content (AvgIpc) is 2.75. The Hall–Kier alpha value is -3.11. The van der Waals surface area contributed by atoms with E-state index in [0.29, 0.717) is 5.92 Å². The van der Waals surface area contributed by atoms with Crippen molar-refractivity contribution < 1.29 is 4.79 Å². The second-order valence-electron chi connectivity index (χ2n) is 7.68. The molecule has 0 heterocycles. The van der Waals surface area contributed by atoms with Gasteiger partial charge in [-0.25, -0.2) is 9.80 Å². The topological polar surface area (TPSA) is 35.6 Å². The molecule has 4 heteroatoms. The minimum atomic E-state index is -0.152. The van der Waals surface area contributed by atoms with Gasteiger partial charge in [0, 0.05) is 13.6 Å². The zero-order valence-corrected chi connectivity index (χ0v) is 16.8. The largest absolute Gasteiger partial charge is 0.340 e. The molecule has 0 saturated carbocycles. The van der Waals surface area contributed by atoms with E-state index in [1.54, 1.807) is 4.90 Å². The highest BCUT2D eigenvalue weighted by Crippen LogP contribution is 2.27. The molecule has 0 spiro atoms. The fourth-order valence-electron chi connectivity index (χ4n) is 4.11. The number of fused-ring (bicyclic) bond motifs is 1. The molecule has 0 saturated heterocycles. The van der Waals surface area contributed by atoms with E-state index in [1.165, 1.54) is 11.1 Å². The Labute approximate surface area is 172 Å². The molecule has 1 N–H and O–H groups in total. The Morgan fingerprint density at radius 2 is 1.41 bits per heavy atom. The number of rotatable bonds is 5. The third-order valence-electron chi connectivity index (χ3n) is 5.50. The van der Waals surface area contributed by atoms with Crippen LogP contribution in [0.1, 0.15) is 17.5 Å². The minimum absolute atomic E-state index is 0.152. The quantitative estimate of drug-likeness (QED) is 0.614. The highest BCUT2D eigenvalue weighted by Gasteiger charge is 2.22. The molecule has 0 radical (unpaired) electrons. The Kier molecular flexibility index (Phi) is 5.92. The maximum absolute atomic E-state index is 13.2. The van der Waals surface area contributed by atoms with Crippen molar-refractivity contribution in [3.05, 3.63) is 96.1 Å². The molecule has 1 aliphatic rings. The first-order chi connectivity index (χ1) is 14.2. The molecule has 29 heavy (non-hydrogen) atoms. The van der Waals surface area contributed by atoms with Gasteiger partial charge in [-0.1, -0.05) is 60.7 Å². The van der Waals surface area contributed by atoms with Crippen LogP contribution in [0.5, 0.6) is 0 Å². The first kappa shape index (κ1) is 19.2. The summed E-state index contributed by atoms with van der Waals surface area (Å²) in [4.78, 5) is 14.9. The molecule has 1 unspecified atom stereocenters. The van der Waals surface area contributed by atoms with Crippen LogP contribution < -0.4 is 10.3 Å². The van der Waals surface area contributed by atoms with Crippen LogP contribution in [0.4, 0.5) is 16.2 Å². The molecule has 0 fully saturated rings. The first-order valence-corrected chi connectivity index (χ1v) is 10.2. The maximum atomic E-state index is 13.2. The third-order valence-corrected chi connectivity index (χ3v) is 5.50. The molecule has 3 aromatic carbocycles. The van der Waals surface area contributed by atoms with Crippen molar-refractivity contribution in [2.45, 2.75) is 19.3 Å². The summed E-state index contributed by atoms with van der Waals surface area (Å²) in [7, 11) is 1.95. The summed E-state index contributed by atoms with van der Waals surface area (Å²) in [5, 5.41) is 1.93. The Bertz CT molecular complexity index is 903. The number of carbonyl (C=O) groups is 1. The predicted octanol–water partition coefficient (Wildman–Crippen LogP) is 5.19. The van der Waals surface area contributed by atoms with Gasteiger partial charge in [0.2, 0.25) is 0 Å². The van der Waals surface area contributed by atoms with Gasteiger partial charge in [-0.3, -0.25) is 10.3 Å². The Morgan fingerprint density at radius 1 is 0.862 bits per heavy atom. The number of urea groups is 1. The number of nitrogens with zero attached hydrogens (tertiary/aromatic N) is 2. The van der Waals surface area contributed by atoms with Crippen LogP contribution in [-0.2, 0) is 12.8 Å². The second kappa shape index (κ2) is 8.93. The van der Waals surface area contributed by atoms with Crippen molar-refractivity contribution in [3.8, 4) is 0 Å². The summed E-state index contributed by atoms with van der Waals surface area (Å²) in [6.07, 6.45) is 3.33. The van der Waals surface area contributed by atoms with Crippen LogP contribution in [0.3, 0.4) is 0 Å². The lowest BCUT2D eigenvalue weighted by atomic mass is 9.84. The molecule has 0 bridgehead atoms. The van der Waals surface area contributed by atoms with E-state index >= 15 is 0 Å². The molecular weight excluding hydrogens is 358 g/mol. The number of aryl methyl sites for hydroxylation is 1. The van der Waals surface area contributed by atoms with E-state index in [4.69, 9.17) is 0 Å². The van der Waals surface area contributed by atoms with E-state index in [1.807, 2.05) is 72.7 Å². The number of amides is 2. The number of hydrazine groups is 1. The highest BCUT2D eigenvalue weighted by atomic mass is 16.2. The molecule has 0 aromatic heterocycles. The smallest absolute Gasteiger partial charge is 0.270 e. The van der Waals surface area contributed by atoms with Gasteiger partial charge < -0.3 is 0 Å². The molecule has 1 aliphatic carbocycles. The lowest BCUT2D eigenvalue weighted by Gasteiger charge is -2.31.